The van der Waals surface area contributed by atoms with Crippen molar-refractivity contribution >= 4 is 54.0 Å². The summed E-state index contributed by atoms with van der Waals surface area (Å²) in [5.74, 6) is -1.83. The lowest BCUT2D eigenvalue weighted by atomic mass is 10.1. The van der Waals surface area contributed by atoms with Crippen molar-refractivity contribution in [2.45, 2.75) is 12.7 Å². The topological polar surface area (TPSA) is 114 Å². The van der Waals surface area contributed by atoms with Crippen molar-refractivity contribution < 1.29 is 35.8 Å². The zero-order valence-electron chi connectivity index (χ0n) is 14.8. The Morgan fingerprint density at radius 3 is 1.22 bits per heavy atom. The molecule has 0 N–H and O–H groups in total. The molecule has 6 nitrogen and oxygen atoms in total. The highest BCUT2D eigenvalue weighted by atomic mass is 32.1. The predicted molar refractivity (Wildman–Crippen MR) is 99.1 cm³/mol. The van der Waals surface area contributed by atoms with Crippen LogP contribution < -0.4 is 18.5 Å². The fourth-order valence-electron chi connectivity index (χ4n) is 2.65. The lowest BCUT2D eigenvalue weighted by molar-refractivity contribution is -0.275. The van der Waals surface area contributed by atoms with Crippen LogP contribution in [0.1, 0.15) is 0 Å². The minimum absolute atomic E-state index is 0.205. The zero-order chi connectivity index (χ0) is 23.8. The summed E-state index contributed by atoms with van der Waals surface area (Å²) in [4.78, 5) is 0. The first-order chi connectivity index (χ1) is 14.9. The Morgan fingerprint density at radius 2 is 0.969 bits per heavy atom. The van der Waals surface area contributed by atoms with Crippen LogP contribution in [0, 0.1) is 45.3 Å². The summed E-state index contributed by atoms with van der Waals surface area (Å²) >= 11 is 0.839. The number of halogens is 6. The summed E-state index contributed by atoms with van der Waals surface area (Å²) in [6, 6.07) is 7.84. The van der Waals surface area contributed by atoms with Gasteiger partial charge in [0.2, 0.25) is 0 Å². The van der Waals surface area contributed by atoms with E-state index in [9.17, 15) is 26.3 Å². The molecule has 0 aliphatic heterocycles. The van der Waals surface area contributed by atoms with Gasteiger partial charge >= 0.3 is 12.7 Å². The number of hydrogen-bond donors (Lipinski definition) is 0. The molecule has 0 fully saturated rings. The van der Waals surface area contributed by atoms with Crippen LogP contribution in [0.4, 0.5) is 26.3 Å². The molecule has 0 saturated carbocycles. The van der Waals surface area contributed by atoms with E-state index in [0.29, 0.717) is 22.7 Å². The number of rotatable bonds is 2. The summed E-state index contributed by atoms with van der Waals surface area (Å²) in [5, 5.41) is 35.1. The van der Waals surface area contributed by atoms with E-state index in [4.69, 9.17) is 21.0 Å². The molecule has 0 aliphatic carbocycles. The third kappa shape index (κ3) is 4.23. The maximum Gasteiger partial charge on any atom is 0.573 e. The van der Waals surface area contributed by atoms with Gasteiger partial charge in [-0.3, -0.25) is 0 Å². The average Bonchev–Trinajstić information content (AvgIpc) is 3.30. The molecule has 2 aromatic heterocycles. The first-order valence-corrected chi connectivity index (χ1v) is 9.45. The molecule has 2 heterocycles. The van der Waals surface area contributed by atoms with Crippen molar-refractivity contribution in [3.8, 4) is 35.8 Å². The Morgan fingerprint density at radius 1 is 0.656 bits per heavy atom. The van der Waals surface area contributed by atoms with Crippen LogP contribution in [0.25, 0.3) is 31.3 Å². The second kappa shape index (κ2) is 7.93. The average molecular weight is 484 g/mol. The molecule has 14 heteroatoms. The van der Waals surface area contributed by atoms with Gasteiger partial charge in [0.15, 0.2) is 11.5 Å². The lowest BCUT2D eigenvalue weighted by Crippen LogP contribution is -2.19. The minimum Gasteiger partial charge on any atom is -0.404 e. The van der Waals surface area contributed by atoms with Crippen LogP contribution in [0.3, 0.4) is 0 Å². The van der Waals surface area contributed by atoms with Crippen LogP contribution in [-0.4, -0.2) is 12.7 Å². The Bertz CT molecular complexity index is 1340. The Kier molecular flexibility index (Phi) is 5.63. The second-order valence-corrected chi connectivity index (χ2v) is 7.76. The molecular formula is C18H2F6N4O2S2. The van der Waals surface area contributed by atoms with Gasteiger partial charge in [0.1, 0.15) is 35.4 Å². The highest BCUT2D eigenvalue weighted by Crippen LogP contribution is 2.48. The normalized spacial score (nSPS) is 11.3. The molecule has 0 radical (unpaired) electrons. The molecular weight excluding hydrogens is 482 g/mol. The van der Waals surface area contributed by atoms with E-state index < -0.39 is 55.5 Å². The smallest absolute Gasteiger partial charge is 0.404 e. The molecule has 0 amide bonds. The molecule has 0 aliphatic rings. The van der Waals surface area contributed by atoms with E-state index >= 15 is 0 Å². The van der Waals surface area contributed by atoms with E-state index in [0.717, 1.165) is 12.1 Å². The van der Waals surface area contributed by atoms with Gasteiger partial charge in [-0.15, -0.1) is 49.0 Å². The molecule has 160 valence electrons. The van der Waals surface area contributed by atoms with Gasteiger partial charge in [0.25, 0.3) is 0 Å². The zero-order valence-corrected chi connectivity index (χ0v) is 16.5. The third-order valence-corrected chi connectivity index (χ3v) is 6.04. The third-order valence-electron chi connectivity index (χ3n) is 3.74. The van der Waals surface area contributed by atoms with E-state index in [1.807, 2.05) is 0 Å². The number of thiophene rings is 2. The predicted octanol–water partition coefficient (Wildman–Crippen LogP) is 4.31. The Hall–Kier alpha value is -3.98. The van der Waals surface area contributed by atoms with Crippen LogP contribution in [-0.2, 0) is 0 Å². The van der Waals surface area contributed by atoms with Gasteiger partial charge in [-0.1, -0.05) is 0 Å². The van der Waals surface area contributed by atoms with Crippen molar-refractivity contribution in [3.63, 3.8) is 0 Å². The van der Waals surface area contributed by atoms with Crippen molar-refractivity contribution in [2.75, 3.05) is 0 Å². The number of fused-ring (bicyclic) bond motifs is 2. The SMILES string of the molecule is N#CC(C#N)=c1cc2c(OC(F)(F)F)c3sc(=C(C#N)C#N)cc3c(OC(F)(F)F)c2s1. The van der Waals surface area contributed by atoms with Crippen LogP contribution >= 0.6 is 22.7 Å². The number of alkyl halides is 6. The summed E-state index contributed by atoms with van der Waals surface area (Å²) in [6.07, 6.45) is -10.5. The molecule has 32 heavy (non-hydrogen) atoms. The summed E-state index contributed by atoms with van der Waals surface area (Å²) < 4.78 is 85.5. The highest BCUT2D eigenvalue weighted by Gasteiger charge is 2.37. The largest absolute Gasteiger partial charge is 0.573 e. The van der Waals surface area contributed by atoms with Gasteiger partial charge < -0.3 is 9.47 Å². The molecule has 0 atom stereocenters. The van der Waals surface area contributed by atoms with Crippen LogP contribution in [0.5, 0.6) is 11.5 Å². The number of ether oxygens (including phenoxy) is 2. The second-order valence-electron chi connectivity index (χ2n) is 5.66. The summed E-state index contributed by atoms with van der Waals surface area (Å²) in [6.45, 7) is 0. The van der Waals surface area contributed by atoms with Gasteiger partial charge in [-0.25, -0.2) is 0 Å². The molecule has 0 spiro atoms. The summed E-state index contributed by atoms with van der Waals surface area (Å²) in [7, 11) is 0. The monoisotopic (exact) mass is 484 g/mol. The quantitative estimate of drug-likeness (QED) is 0.501. The van der Waals surface area contributed by atoms with E-state index in [1.165, 1.54) is 24.3 Å². The van der Waals surface area contributed by atoms with Crippen molar-refractivity contribution in [1.29, 1.82) is 21.0 Å². The maximum atomic E-state index is 13.1. The fourth-order valence-corrected chi connectivity index (χ4v) is 4.84. The maximum absolute atomic E-state index is 13.1. The van der Waals surface area contributed by atoms with E-state index in [-0.39, 0.29) is 9.06 Å². The Balaban J connectivity index is 2.65. The number of nitrogens with zero attached hydrogens (tertiary/aromatic N) is 4. The summed E-state index contributed by atoms with van der Waals surface area (Å²) in [5.41, 5.74) is -1.09. The Labute approximate surface area is 180 Å². The van der Waals surface area contributed by atoms with E-state index in [1.54, 1.807) is 0 Å². The molecule has 3 rings (SSSR count). The molecule has 0 saturated heterocycles. The molecule has 1 aromatic carbocycles. The van der Waals surface area contributed by atoms with Gasteiger partial charge in [-0.2, -0.15) is 21.0 Å². The van der Waals surface area contributed by atoms with Gasteiger partial charge in [0, 0.05) is 10.8 Å². The minimum atomic E-state index is -5.26. The first-order valence-electron chi connectivity index (χ1n) is 7.82. The van der Waals surface area contributed by atoms with Gasteiger partial charge in [0.05, 0.1) is 18.5 Å². The van der Waals surface area contributed by atoms with Crippen molar-refractivity contribution in [2.24, 2.45) is 0 Å². The highest BCUT2D eigenvalue weighted by molar-refractivity contribution is 7.19. The standard InChI is InChI=1S/C18H2F6N4O2S2/c19-17(20,21)29-13-9-1-11(7(3-25)4-26)31-15(9)14(30-18(22,23)24)10-2-12(32-16(10)13)8(5-27)6-28/h1-2H. The first kappa shape index (κ1) is 22.7. The van der Waals surface area contributed by atoms with E-state index in [2.05, 4.69) is 9.47 Å². The number of hydrogen-bond acceptors (Lipinski definition) is 8. The van der Waals surface area contributed by atoms with Gasteiger partial charge in [-0.05, 0) is 12.1 Å². The lowest BCUT2D eigenvalue weighted by Gasteiger charge is -2.15. The van der Waals surface area contributed by atoms with Crippen molar-refractivity contribution in [3.05, 3.63) is 21.2 Å². The van der Waals surface area contributed by atoms with Crippen LogP contribution in [0.2, 0.25) is 0 Å². The van der Waals surface area contributed by atoms with Crippen molar-refractivity contribution in [1.82, 2.24) is 0 Å². The number of benzene rings is 1. The van der Waals surface area contributed by atoms with Crippen LogP contribution in [0.15, 0.2) is 12.1 Å². The number of nitriles is 4. The molecule has 3 aromatic rings. The molecule has 0 unspecified atom stereocenters. The fraction of sp³-hybridized carbons (Fsp3) is 0.111. The molecule has 0 bridgehead atoms.